The molecule has 0 amide bonds. The monoisotopic (exact) mass is 236 g/mol. The zero-order valence-corrected chi connectivity index (χ0v) is 10.2. The molecule has 0 atom stereocenters. The molecule has 0 unspecified atom stereocenters. The molecule has 5 heteroatoms. The minimum atomic E-state index is 0.879. The highest BCUT2D eigenvalue weighted by Crippen LogP contribution is 2.06. The first kappa shape index (κ1) is 11.1. The van der Waals surface area contributed by atoms with E-state index in [1.165, 1.54) is 0 Å². The van der Waals surface area contributed by atoms with Crippen LogP contribution in [0.3, 0.4) is 0 Å². The molecule has 1 N–H and O–H groups in total. The van der Waals surface area contributed by atoms with Crippen LogP contribution in [0.4, 0.5) is 5.95 Å². The molecule has 0 aliphatic rings. The van der Waals surface area contributed by atoms with Gasteiger partial charge in [-0.05, 0) is 6.42 Å². The third-order valence-electron chi connectivity index (χ3n) is 2.33. The predicted molar refractivity (Wildman–Crippen MR) is 66.8 cm³/mol. The van der Waals surface area contributed by atoms with Gasteiger partial charge >= 0.3 is 0 Å². The minimum absolute atomic E-state index is 0.879. The second-order valence-corrected chi connectivity index (χ2v) is 4.32. The van der Waals surface area contributed by atoms with Crippen LogP contribution < -0.4 is 5.32 Å². The first-order chi connectivity index (χ1) is 7.90. The van der Waals surface area contributed by atoms with Crippen molar-refractivity contribution in [1.29, 1.82) is 0 Å². The summed E-state index contributed by atoms with van der Waals surface area (Å²) in [6, 6.07) is 0. The van der Waals surface area contributed by atoms with E-state index in [0.717, 1.165) is 37.6 Å². The van der Waals surface area contributed by atoms with E-state index in [-0.39, 0.29) is 0 Å². The average Bonchev–Trinajstić information content (AvgIpc) is 2.91. The molecule has 0 saturated heterocycles. The average molecular weight is 236 g/mol. The van der Waals surface area contributed by atoms with E-state index in [2.05, 4.69) is 32.2 Å². The number of hydrogen-bond donors (Lipinski definition) is 1. The van der Waals surface area contributed by atoms with Crippen LogP contribution in [0.5, 0.6) is 0 Å². The molecule has 2 aromatic heterocycles. The molecule has 0 saturated carbocycles. The normalized spacial score (nSPS) is 10.6. The van der Waals surface area contributed by atoms with Gasteiger partial charge in [0.2, 0.25) is 5.95 Å². The Morgan fingerprint density at radius 3 is 3.12 bits per heavy atom. The van der Waals surface area contributed by atoms with Crippen LogP contribution in [0.1, 0.15) is 19.0 Å². The van der Waals surface area contributed by atoms with Crippen molar-refractivity contribution in [3.63, 3.8) is 0 Å². The maximum absolute atomic E-state index is 4.29. The van der Waals surface area contributed by atoms with E-state index in [1.807, 2.05) is 17.9 Å². The molecule has 0 aliphatic carbocycles. The van der Waals surface area contributed by atoms with Crippen LogP contribution in [-0.4, -0.2) is 21.1 Å². The van der Waals surface area contributed by atoms with E-state index >= 15 is 0 Å². The molecule has 2 heterocycles. The van der Waals surface area contributed by atoms with Gasteiger partial charge in [-0.15, -0.1) is 11.3 Å². The number of nitrogens with one attached hydrogen (secondary N) is 1. The minimum Gasteiger partial charge on any atom is -0.355 e. The largest absolute Gasteiger partial charge is 0.355 e. The van der Waals surface area contributed by atoms with Crippen LogP contribution in [0.25, 0.3) is 0 Å². The van der Waals surface area contributed by atoms with Gasteiger partial charge in [0, 0.05) is 37.3 Å². The summed E-state index contributed by atoms with van der Waals surface area (Å²) in [5.41, 5.74) is 3.01. The standard InChI is InChI=1S/C11H16N4S/c1-2-6-15-7-5-13-11(15)12-4-3-10-8-16-9-14-10/h5,7-9H,2-4,6H2,1H3,(H,12,13). The zero-order valence-electron chi connectivity index (χ0n) is 9.39. The van der Waals surface area contributed by atoms with E-state index in [9.17, 15) is 0 Å². The fourth-order valence-corrected chi connectivity index (χ4v) is 2.15. The molecule has 2 rings (SSSR count). The van der Waals surface area contributed by atoms with Crippen molar-refractivity contribution in [3.8, 4) is 0 Å². The maximum atomic E-state index is 4.29. The Morgan fingerprint density at radius 2 is 2.38 bits per heavy atom. The smallest absolute Gasteiger partial charge is 0.202 e. The number of aryl methyl sites for hydroxylation is 1. The molecule has 86 valence electrons. The molecule has 0 aliphatic heterocycles. The summed E-state index contributed by atoms with van der Waals surface area (Å²) in [7, 11) is 0. The molecular weight excluding hydrogens is 220 g/mol. The fraction of sp³-hybridized carbons (Fsp3) is 0.455. The summed E-state index contributed by atoms with van der Waals surface area (Å²) in [5, 5.41) is 5.42. The number of imidazole rings is 1. The van der Waals surface area contributed by atoms with Crippen LogP contribution in [0, 0.1) is 0 Å². The van der Waals surface area contributed by atoms with Crippen molar-refractivity contribution in [1.82, 2.24) is 14.5 Å². The number of anilines is 1. The Kier molecular flexibility index (Phi) is 3.93. The lowest BCUT2D eigenvalue weighted by molar-refractivity contribution is 0.681. The SMILES string of the molecule is CCCn1ccnc1NCCc1cscn1. The first-order valence-electron chi connectivity index (χ1n) is 5.52. The maximum Gasteiger partial charge on any atom is 0.202 e. The number of rotatable bonds is 6. The van der Waals surface area contributed by atoms with Crippen molar-refractivity contribution < 1.29 is 0 Å². The van der Waals surface area contributed by atoms with Crippen molar-refractivity contribution in [2.45, 2.75) is 26.3 Å². The highest BCUT2D eigenvalue weighted by Gasteiger charge is 2.01. The van der Waals surface area contributed by atoms with Crippen LogP contribution in [-0.2, 0) is 13.0 Å². The number of aromatic nitrogens is 3. The zero-order chi connectivity index (χ0) is 11.2. The van der Waals surface area contributed by atoms with Gasteiger partial charge in [-0.2, -0.15) is 0 Å². The molecule has 4 nitrogen and oxygen atoms in total. The predicted octanol–water partition coefficient (Wildman–Crippen LogP) is 2.40. The van der Waals surface area contributed by atoms with E-state index in [1.54, 1.807) is 11.3 Å². The Hall–Kier alpha value is -1.36. The molecule has 0 bridgehead atoms. The number of nitrogens with zero attached hydrogens (tertiary/aromatic N) is 3. The second-order valence-electron chi connectivity index (χ2n) is 3.60. The third-order valence-corrected chi connectivity index (χ3v) is 2.96. The Bertz CT molecular complexity index is 407. The Balaban J connectivity index is 1.82. The lowest BCUT2D eigenvalue weighted by Crippen LogP contribution is -2.10. The lowest BCUT2D eigenvalue weighted by Gasteiger charge is -2.07. The van der Waals surface area contributed by atoms with Gasteiger partial charge in [0.05, 0.1) is 11.2 Å². The van der Waals surface area contributed by atoms with Gasteiger partial charge in [0.25, 0.3) is 0 Å². The van der Waals surface area contributed by atoms with E-state index < -0.39 is 0 Å². The fourth-order valence-electron chi connectivity index (χ4n) is 1.56. The Morgan fingerprint density at radius 1 is 1.44 bits per heavy atom. The molecular formula is C11H16N4S. The molecule has 0 fully saturated rings. The summed E-state index contributed by atoms with van der Waals surface area (Å²) < 4.78 is 2.14. The van der Waals surface area contributed by atoms with Gasteiger partial charge in [-0.25, -0.2) is 9.97 Å². The first-order valence-corrected chi connectivity index (χ1v) is 6.46. The highest BCUT2D eigenvalue weighted by molar-refractivity contribution is 7.07. The van der Waals surface area contributed by atoms with E-state index in [4.69, 9.17) is 0 Å². The van der Waals surface area contributed by atoms with Gasteiger partial charge in [0.1, 0.15) is 0 Å². The molecule has 16 heavy (non-hydrogen) atoms. The van der Waals surface area contributed by atoms with Gasteiger partial charge in [-0.3, -0.25) is 0 Å². The number of hydrogen-bond acceptors (Lipinski definition) is 4. The van der Waals surface area contributed by atoms with Crippen molar-refractivity contribution in [3.05, 3.63) is 29.0 Å². The number of thiazole rings is 1. The lowest BCUT2D eigenvalue weighted by atomic mass is 10.3. The summed E-state index contributed by atoms with van der Waals surface area (Å²) >= 11 is 1.64. The van der Waals surface area contributed by atoms with Gasteiger partial charge in [0.15, 0.2) is 0 Å². The molecule has 2 aromatic rings. The third kappa shape index (κ3) is 2.82. The highest BCUT2D eigenvalue weighted by atomic mass is 32.1. The van der Waals surface area contributed by atoms with Crippen LogP contribution in [0.2, 0.25) is 0 Å². The van der Waals surface area contributed by atoms with Crippen LogP contribution >= 0.6 is 11.3 Å². The van der Waals surface area contributed by atoms with Gasteiger partial charge < -0.3 is 9.88 Å². The quantitative estimate of drug-likeness (QED) is 0.837. The van der Waals surface area contributed by atoms with Crippen LogP contribution in [0.15, 0.2) is 23.3 Å². The van der Waals surface area contributed by atoms with Gasteiger partial charge in [-0.1, -0.05) is 6.92 Å². The second kappa shape index (κ2) is 5.65. The summed E-state index contributed by atoms with van der Waals surface area (Å²) in [4.78, 5) is 8.53. The Labute approximate surface area is 99.4 Å². The van der Waals surface area contributed by atoms with Crippen molar-refractivity contribution >= 4 is 17.3 Å². The summed E-state index contributed by atoms with van der Waals surface area (Å²) in [5.74, 6) is 0.956. The molecule has 0 aromatic carbocycles. The van der Waals surface area contributed by atoms with Crippen molar-refractivity contribution in [2.24, 2.45) is 0 Å². The molecule has 0 radical (unpaired) electrons. The molecule has 0 spiro atoms. The van der Waals surface area contributed by atoms with Crippen molar-refractivity contribution in [2.75, 3.05) is 11.9 Å². The topological polar surface area (TPSA) is 42.7 Å². The van der Waals surface area contributed by atoms with E-state index in [0.29, 0.717) is 0 Å². The summed E-state index contributed by atoms with van der Waals surface area (Å²) in [6.07, 6.45) is 5.91. The summed E-state index contributed by atoms with van der Waals surface area (Å²) in [6.45, 7) is 4.06.